The molecule has 0 fully saturated rings. The average Bonchev–Trinajstić information content (AvgIpc) is 2.16. The summed E-state index contributed by atoms with van der Waals surface area (Å²) in [6, 6.07) is 0. The van der Waals surface area contributed by atoms with Crippen molar-refractivity contribution in [2.45, 2.75) is 26.1 Å². The van der Waals surface area contributed by atoms with E-state index in [9.17, 15) is 0 Å². The van der Waals surface area contributed by atoms with Crippen LogP contribution in [0.1, 0.15) is 13.8 Å². The normalized spacial score (nSPS) is 13.4. The highest BCUT2D eigenvalue weighted by Crippen LogP contribution is 1.95. The maximum Gasteiger partial charge on any atom is 0.231 e. The van der Waals surface area contributed by atoms with E-state index in [2.05, 4.69) is 0 Å². The molecule has 2 unspecified atom stereocenters. The zero-order valence-corrected chi connectivity index (χ0v) is 9.20. The van der Waals surface area contributed by atoms with Crippen molar-refractivity contribution in [2.24, 2.45) is 0 Å². The van der Waals surface area contributed by atoms with E-state index >= 15 is 0 Å². The van der Waals surface area contributed by atoms with E-state index in [0.717, 1.165) is 6.08 Å². The highest BCUT2D eigenvalue weighted by atomic mass is 16.5. The Labute approximate surface area is 84.9 Å². The average molecular weight is 205 g/mol. The second-order valence-electron chi connectivity index (χ2n) is 2.75. The van der Waals surface area contributed by atoms with Gasteiger partial charge in [-0.25, -0.2) is 10.2 Å². The van der Waals surface area contributed by atoms with Crippen LogP contribution in [-0.2, 0) is 19.0 Å². The third-order valence-corrected chi connectivity index (χ3v) is 1.42. The van der Waals surface area contributed by atoms with Crippen LogP contribution in [0.25, 0.3) is 0 Å². The second-order valence-corrected chi connectivity index (χ2v) is 2.75. The summed E-state index contributed by atoms with van der Waals surface area (Å²) in [6.45, 7) is 5.21. The Bertz CT molecular complexity index is 146. The van der Waals surface area contributed by atoms with Crippen LogP contribution >= 0.6 is 0 Å². The Hall–Kier alpha value is -0.740. The van der Waals surface area contributed by atoms with Crippen LogP contribution in [0.15, 0.2) is 0 Å². The summed E-state index contributed by atoms with van der Waals surface area (Å²) >= 11 is 0. The Morgan fingerprint density at radius 2 is 1.71 bits per heavy atom. The number of hydrogen-bond acceptors (Lipinski definition) is 5. The van der Waals surface area contributed by atoms with Crippen molar-refractivity contribution in [3.05, 3.63) is 0 Å². The maximum absolute atomic E-state index is 8.35. The highest BCUT2D eigenvalue weighted by molar-refractivity contribution is 5.26. The predicted octanol–water partition coefficient (Wildman–Crippen LogP) is 0.974. The van der Waals surface area contributed by atoms with E-state index in [0.29, 0.717) is 13.2 Å². The van der Waals surface area contributed by atoms with Gasteiger partial charge in [0.1, 0.15) is 0 Å². The van der Waals surface area contributed by atoms with Gasteiger partial charge in [0.2, 0.25) is 6.08 Å². The summed E-state index contributed by atoms with van der Waals surface area (Å²) in [4.78, 5) is 8.35. The number of nitrogens with one attached hydrogen (secondary N) is 1. The standard InChI is InChI=1S/C8H18O3.CHNO/c1-7(10-4)6-11-8(2)5-9-3;2-1-3/h7-8H,5-6H2,1-4H3;2H. The van der Waals surface area contributed by atoms with Gasteiger partial charge in [0, 0.05) is 14.2 Å². The molecule has 0 aliphatic carbocycles. The first-order valence-corrected chi connectivity index (χ1v) is 4.29. The number of rotatable bonds is 6. The molecule has 0 spiro atoms. The van der Waals surface area contributed by atoms with Crippen LogP contribution in [0.3, 0.4) is 0 Å². The fraction of sp³-hybridized carbons (Fsp3) is 0.889. The van der Waals surface area contributed by atoms with E-state index in [1.54, 1.807) is 14.2 Å². The highest BCUT2D eigenvalue weighted by Gasteiger charge is 2.04. The van der Waals surface area contributed by atoms with Crippen LogP contribution in [0.4, 0.5) is 0 Å². The Morgan fingerprint density at radius 1 is 1.21 bits per heavy atom. The van der Waals surface area contributed by atoms with E-state index in [1.807, 2.05) is 13.8 Å². The number of isocyanates is 1. The molecule has 5 nitrogen and oxygen atoms in total. The first-order valence-electron chi connectivity index (χ1n) is 4.29. The van der Waals surface area contributed by atoms with Crippen molar-refractivity contribution in [2.75, 3.05) is 27.4 Å². The summed E-state index contributed by atoms with van der Waals surface area (Å²) in [5, 5.41) is 5.40. The molecule has 0 aromatic rings. The second kappa shape index (κ2) is 12.3. The third kappa shape index (κ3) is 13.8. The number of carbonyl (C=O) groups excluding carboxylic acids is 1. The summed E-state index contributed by atoms with van der Waals surface area (Å²) in [5.41, 5.74) is 0. The van der Waals surface area contributed by atoms with Gasteiger partial charge < -0.3 is 14.2 Å². The zero-order chi connectivity index (χ0) is 11.4. The lowest BCUT2D eigenvalue weighted by atomic mass is 10.4. The zero-order valence-electron chi connectivity index (χ0n) is 9.20. The van der Waals surface area contributed by atoms with E-state index < -0.39 is 0 Å². The van der Waals surface area contributed by atoms with Gasteiger partial charge >= 0.3 is 0 Å². The van der Waals surface area contributed by atoms with Crippen LogP contribution in [0.5, 0.6) is 0 Å². The molecule has 84 valence electrons. The molecule has 0 aromatic carbocycles. The molecule has 0 saturated carbocycles. The molecule has 0 amide bonds. The first-order chi connectivity index (χ1) is 6.62. The van der Waals surface area contributed by atoms with Gasteiger partial charge in [0.15, 0.2) is 0 Å². The molecule has 1 N–H and O–H groups in total. The lowest BCUT2D eigenvalue weighted by Crippen LogP contribution is -2.21. The minimum atomic E-state index is 0.151. The molecule has 0 bridgehead atoms. The SMILES string of the molecule is COCC(C)OCC(C)OC.N=C=O. The number of ether oxygens (including phenoxy) is 3. The molecule has 0 radical (unpaired) electrons. The molecule has 0 rings (SSSR count). The molecule has 0 aliphatic heterocycles. The molecular formula is C9H19NO4. The van der Waals surface area contributed by atoms with Crippen molar-refractivity contribution < 1.29 is 19.0 Å². The maximum atomic E-state index is 8.35. The predicted molar refractivity (Wildman–Crippen MR) is 52.2 cm³/mol. The Morgan fingerprint density at radius 3 is 2.07 bits per heavy atom. The monoisotopic (exact) mass is 205 g/mol. The summed E-state index contributed by atoms with van der Waals surface area (Å²) < 4.78 is 15.3. The van der Waals surface area contributed by atoms with Crippen LogP contribution in [0, 0.1) is 5.41 Å². The van der Waals surface area contributed by atoms with Crippen molar-refractivity contribution in [1.82, 2.24) is 0 Å². The van der Waals surface area contributed by atoms with Gasteiger partial charge in [-0.15, -0.1) is 0 Å². The number of hydrogen-bond donors (Lipinski definition) is 1. The summed E-state index contributed by atoms with van der Waals surface area (Å²) in [6.07, 6.45) is 1.06. The molecule has 0 heterocycles. The van der Waals surface area contributed by atoms with Gasteiger partial charge in [-0.05, 0) is 13.8 Å². The van der Waals surface area contributed by atoms with Crippen LogP contribution in [0.2, 0.25) is 0 Å². The molecule has 2 atom stereocenters. The minimum absolute atomic E-state index is 0.151. The van der Waals surface area contributed by atoms with Gasteiger partial charge in [-0.2, -0.15) is 0 Å². The fourth-order valence-electron chi connectivity index (χ4n) is 0.651. The Kier molecular flexibility index (Phi) is 13.8. The summed E-state index contributed by atoms with van der Waals surface area (Å²) in [5.74, 6) is 0. The van der Waals surface area contributed by atoms with Crippen LogP contribution < -0.4 is 0 Å². The quantitative estimate of drug-likeness (QED) is 0.518. The van der Waals surface area contributed by atoms with Crippen LogP contribution in [-0.4, -0.2) is 45.7 Å². The van der Waals surface area contributed by atoms with Crippen molar-refractivity contribution >= 4 is 6.08 Å². The lowest BCUT2D eigenvalue weighted by Gasteiger charge is -2.14. The molecule has 0 saturated heterocycles. The molecule has 14 heavy (non-hydrogen) atoms. The van der Waals surface area contributed by atoms with E-state index in [4.69, 9.17) is 24.4 Å². The van der Waals surface area contributed by atoms with Gasteiger partial charge in [0.25, 0.3) is 0 Å². The Balaban J connectivity index is 0. The minimum Gasteiger partial charge on any atom is -0.382 e. The smallest absolute Gasteiger partial charge is 0.231 e. The largest absolute Gasteiger partial charge is 0.382 e. The van der Waals surface area contributed by atoms with E-state index in [-0.39, 0.29) is 12.2 Å². The van der Waals surface area contributed by atoms with Gasteiger partial charge in [-0.1, -0.05) is 0 Å². The topological polar surface area (TPSA) is 68.6 Å². The number of methoxy groups -OCH3 is 2. The van der Waals surface area contributed by atoms with Gasteiger partial charge in [0.05, 0.1) is 25.4 Å². The van der Waals surface area contributed by atoms with E-state index in [1.165, 1.54) is 0 Å². The molecule has 0 aliphatic rings. The molecule has 0 aromatic heterocycles. The summed E-state index contributed by atoms with van der Waals surface area (Å²) in [7, 11) is 3.34. The van der Waals surface area contributed by atoms with Gasteiger partial charge in [-0.3, -0.25) is 0 Å². The fourth-order valence-corrected chi connectivity index (χ4v) is 0.651. The molecule has 5 heteroatoms. The lowest BCUT2D eigenvalue weighted by molar-refractivity contribution is -0.0386. The first kappa shape index (κ1) is 15.7. The third-order valence-electron chi connectivity index (χ3n) is 1.42. The van der Waals surface area contributed by atoms with Crippen molar-refractivity contribution in [3.63, 3.8) is 0 Å². The molecular weight excluding hydrogens is 186 g/mol. The van der Waals surface area contributed by atoms with Crippen molar-refractivity contribution in [1.29, 1.82) is 5.41 Å². The van der Waals surface area contributed by atoms with Crippen molar-refractivity contribution in [3.8, 4) is 0 Å².